The largest absolute Gasteiger partial charge is 0.308 e. The van der Waals surface area contributed by atoms with E-state index in [4.69, 9.17) is 17.4 Å². The zero-order valence-corrected chi connectivity index (χ0v) is 12.5. The van der Waals surface area contributed by atoms with E-state index in [0.29, 0.717) is 22.1 Å². The molecule has 0 unspecified atom stereocenters. The lowest BCUT2D eigenvalue weighted by Gasteiger charge is -2.10. The standard InChI is InChI=1S/C12H12BrClN4O/c1-7-4-8(13)5-18(12(7)19)6-10-9(14)2-3-11(16-10)17-15/h2-5H,6,15H2,1H3,(H,16,17). The normalized spacial score (nSPS) is 10.5. The van der Waals surface area contributed by atoms with Crippen LogP contribution in [0.4, 0.5) is 5.82 Å². The molecular formula is C12H12BrClN4O. The molecule has 5 nitrogen and oxygen atoms in total. The molecule has 0 spiro atoms. The van der Waals surface area contributed by atoms with Gasteiger partial charge in [0.1, 0.15) is 5.82 Å². The molecule has 3 N–H and O–H groups in total. The lowest BCUT2D eigenvalue weighted by atomic mass is 10.3. The lowest BCUT2D eigenvalue weighted by Crippen LogP contribution is -2.23. The van der Waals surface area contributed by atoms with E-state index in [2.05, 4.69) is 26.3 Å². The number of hydrogen-bond acceptors (Lipinski definition) is 4. The van der Waals surface area contributed by atoms with E-state index in [1.165, 1.54) is 0 Å². The van der Waals surface area contributed by atoms with Crippen LogP contribution in [0.5, 0.6) is 0 Å². The van der Waals surface area contributed by atoms with Crippen molar-refractivity contribution >= 4 is 33.3 Å². The molecule has 2 aromatic heterocycles. The third-order valence-electron chi connectivity index (χ3n) is 2.62. The Morgan fingerprint density at radius 2 is 2.26 bits per heavy atom. The van der Waals surface area contributed by atoms with E-state index < -0.39 is 0 Å². The minimum atomic E-state index is -0.0767. The summed E-state index contributed by atoms with van der Waals surface area (Å²) in [5.41, 5.74) is 3.61. The predicted octanol–water partition coefficient (Wildman–Crippen LogP) is 2.30. The molecule has 0 radical (unpaired) electrons. The summed E-state index contributed by atoms with van der Waals surface area (Å²) in [6.07, 6.45) is 1.70. The van der Waals surface area contributed by atoms with E-state index in [1.807, 2.05) is 0 Å². The molecule has 100 valence electrons. The van der Waals surface area contributed by atoms with Crippen molar-refractivity contribution in [3.63, 3.8) is 0 Å². The summed E-state index contributed by atoms with van der Waals surface area (Å²) in [4.78, 5) is 16.3. The minimum absolute atomic E-state index is 0.0767. The van der Waals surface area contributed by atoms with Gasteiger partial charge in [-0.15, -0.1) is 0 Å². The van der Waals surface area contributed by atoms with Crippen LogP contribution < -0.4 is 16.8 Å². The number of anilines is 1. The van der Waals surface area contributed by atoms with Crippen LogP contribution in [-0.2, 0) is 6.54 Å². The SMILES string of the molecule is Cc1cc(Br)cn(Cc2nc(NN)ccc2Cl)c1=O. The van der Waals surface area contributed by atoms with Gasteiger partial charge in [0.05, 0.1) is 17.3 Å². The Labute approximate surface area is 123 Å². The molecule has 0 bridgehead atoms. The molecule has 0 saturated heterocycles. The fraction of sp³-hybridized carbons (Fsp3) is 0.167. The third-order valence-corrected chi connectivity index (χ3v) is 3.40. The van der Waals surface area contributed by atoms with Crippen LogP contribution in [0.1, 0.15) is 11.3 Å². The van der Waals surface area contributed by atoms with Crippen molar-refractivity contribution < 1.29 is 0 Å². The van der Waals surface area contributed by atoms with E-state index >= 15 is 0 Å². The molecule has 0 atom stereocenters. The molecule has 0 fully saturated rings. The average Bonchev–Trinajstić information content (AvgIpc) is 2.38. The number of aromatic nitrogens is 2. The monoisotopic (exact) mass is 342 g/mol. The number of nitrogens with two attached hydrogens (primary N) is 1. The molecule has 19 heavy (non-hydrogen) atoms. The fourth-order valence-electron chi connectivity index (χ4n) is 1.69. The quantitative estimate of drug-likeness (QED) is 0.662. The van der Waals surface area contributed by atoms with Crippen molar-refractivity contribution in [3.8, 4) is 0 Å². The maximum absolute atomic E-state index is 12.0. The van der Waals surface area contributed by atoms with Gasteiger partial charge in [0.2, 0.25) is 0 Å². The van der Waals surface area contributed by atoms with Crippen LogP contribution in [0.2, 0.25) is 5.02 Å². The molecule has 0 aliphatic rings. The topological polar surface area (TPSA) is 72.9 Å². The Morgan fingerprint density at radius 3 is 2.95 bits per heavy atom. The first-order chi connectivity index (χ1) is 9.01. The molecule has 7 heteroatoms. The second-order valence-corrected chi connectivity index (χ2v) is 5.37. The second kappa shape index (κ2) is 5.73. The van der Waals surface area contributed by atoms with Gasteiger partial charge < -0.3 is 9.99 Å². The van der Waals surface area contributed by atoms with E-state index in [1.54, 1.807) is 35.9 Å². The third kappa shape index (κ3) is 3.15. The number of aryl methyl sites for hydroxylation is 1. The highest BCUT2D eigenvalue weighted by Gasteiger charge is 2.08. The van der Waals surface area contributed by atoms with Gasteiger partial charge >= 0.3 is 0 Å². The summed E-state index contributed by atoms with van der Waals surface area (Å²) in [6, 6.07) is 5.13. The Kier molecular flexibility index (Phi) is 4.24. The van der Waals surface area contributed by atoms with Crippen LogP contribution in [0.25, 0.3) is 0 Å². The van der Waals surface area contributed by atoms with Crippen LogP contribution in [0.15, 0.2) is 33.7 Å². The number of nitrogen functional groups attached to an aromatic ring is 1. The Hall–Kier alpha value is -1.37. The summed E-state index contributed by atoms with van der Waals surface area (Å²) >= 11 is 9.44. The number of rotatable bonds is 3. The summed E-state index contributed by atoms with van der Waals surface area (Å²) < 4.78 is 2.38. The first-order valence-electron chi connectivity index (χ1n) is 5.50. The predicted molar refractivity (Wildman–Crippen MR) is 79.3 cm³/mol. The van der Waals surface area contributed by atoms with Crippen LogP contribution in [0, 0.1) is 6.92 Å². The maximum Gasteiger partial charge on any atom is 0.253 e. The molecular weight excluding hydrogens is 332 g/mol. The first kappa shape index (κ1) is 14.0. The minimum Gasteiger partial charge on any atom is -0.308 e. The van der Waals surface area contributed by atoms with Gasteiger partial charge in [-0.25, -0.2) is 10.8 Å². The average molecular weight is 344 g/mol. The smallest absolute Gasteiger partial charge is 0.253 e. The highest BCUT2D eigenvalue weighted by atomic mass is 79.9. The van der Waals surface area contributed by atoms with E-state index in [0.717, 1.165) is 4.47 Å². The Morgan fingerprint density at radius 1 is 1.53 bits per heavy atom. The van der Waals surface area contributed by atoms with Gasteiger partial charge in [-0.3, -0.25) is 4.79 Å². The van der Waals surface area contributed by atoms with Gasteiger partial charge in [-0.1, -0.05) is 11.6 Å². The first-order valence-corrected chi connectivity index (χ1v) is 6.67. The Balaban J connectivity index is 2.44. The van der Waals surface area contributed by atoms with Crippen molar-refractivity contribution in [3.05, 3.63) is 55.5 Å². The van der Waals surface area contributed by atoms with Gasteiger partial charge in [0.15, 0.2) is 0 Å². The Bertz CT molecular complexity index is 671. The van der Waals surface area contributed by atoms with Crippen LogP contribution in [0.3, 0.4) is 0 Å². The number of nitrogens with one attached hydrogen (secondary N) is 1. The second-order valence-electron chi connectivity index (χ2n) is 4.04. The van der Waals surface area contributed by atoms with Gasteiger partial charge in [-0.05, 0) is 41.1 Å². The van der Waals surface area contributed by atoms with E-state index in [9.17, 15) is 4.79 Å². The zero-order valence-electron chi connectivity index (χ0n) is 10.2. The summed E-state index contributed by atoms with van der Waals surface area (Å²) in [7, 11) is 0. The van der Waals surface area contributed by atoms with Crippen molar-refractivity contribution in [2.45, 2.75) is 13.5 Å². The number of hydrazine groups is 1. The van der Waals surface area contributed by atoms with Gasteiger partial charge in [-0.2, -0.15) is 0 Å². The summed E-state index contributed by atoms with van der Waals surface area (Å²) in [5.74, 6) is 5.81. The van der Waals surface area contributed by atoms with E-state index in [-0.39, 0.29) is 12.1 Å². The zero-order chi connectivity index (χ0) is 14.0. The molecule has 2 aromatic rings. The molecule has 2 rings (SSSR count). The number of halogens is 2. The van der Waals surface area contributed by atoms with Gasteiger partial charge in [0.25, 0.3) is 5.56 Å². The number of nitrogens with zero attached hydrogens (tertiary/aromatic N) is 2. The molecule has 0 aliphatic heterocycles. The molecule has 0 aliphatic carbocycles. The molecule has 0 aromatic carbocycles. The molecule has 0 saturated carbocycles. The molecule has 2 heterocycles. The fourth-order valence-corrected chi connectivity index (χ4v) is 2.45. The van der Waals surface area contributed by atoms with Crippen molar-refractivity contribution in [2.24, 2.45) is 5.84 Å². The number of pyridine rings is 2. The van der Waals surface area contributed by atoms with Crippen LogP contribution >= 0.6 is 27.5 Å². The molecule has 0 amide bonds. The van der Waals surface area contributed by atoms with Crippen molar-refractivity contribution in [1.29, 1.82) is 0 Å². The highest BCUT2D eigenvalue weighted by molar-refractivity contribution is 9.10. The summed E-state index contributed by atoms with van der Waals surface area (Å²) in [6.45, 7) is 2.05. The van der Waals surface area contributed by atoms with Gasteiger partial charge in [0, 0.05) is 16.2 Å². The van der Waals surface area contributed by atoms with Crippen molar-refractivity contribution in [2.75, 3.05) is 5.43 Å². The number of hydrogen-bond donors (Lipinski definition) is 2. The lowest BCUT2D eigenvalue weighted by molar-refractivity contribution is 0.731. The van der Waals surface area contributed by atoms with Crippen LogP contribution in [-0.4, -0.2) is 9.55 Å². The maximum atomic E-state index is 12.0. The highest BCUT2D eigenvalue weighted by Crippen LogP contribution is 2.17. The van der Waals surface area contributed by atoms with Crippen molar-refractivity contribution in [1.82, 2.24) is 9.55 Å². The summed E-state index contributed by atoms with van der Waals surface area (Å²) in [5, 5.41) is 0.489.